The third-order valence-electron chi connectivity index (χ3n) is 3.91. The van der Waals surface area contributed by atoms with Gasteiger partial charge in [-0.25, -0.2) is 14.4 Å². The zero-order valence-electron chi connectivity index (χ0n) is 11.7. The highest BCUT2D eigenvalue weighted by Crippen LogP contribution is 2.30. The van der Waals surface area contributed by atoms with Crippen LogP contribution in [0.5, 0.6) is 0 Å². The Morgan fingerprint density at radius 2 is 2.09 bits per heavy atom. The lowest BCUT2D eigenvalue weighted by Gasteiger charge is -2.16. The van der Waals surface area contributed by atoms with Crippen LogP contribution in [-0.4, -0.2) is 64.2 Å². The second-order valence-electron chi connectivity index (χ2n) is 5.26. The fourth-order valence-electron chi connectivity index (χ4n) is 2.73. The number of nitrogens with zero attached hydrogens (tertiary/aromatic N) is 5. The van der Waals surface area contributed by atoms with Crippen molar-refractivity contribution < 1.29 is 20.1 Å². The molecule has 4 atom stereocenters. The second kappa shape index (κ2) is 5.06. The standard InChI is InChI=1S/C13H13N5O5/c19-4-6-8(20)9(21)12(23-6)18-5-15-7-10(18)16-13-14-2-1-3-17(13)11(7)22/h1-3,5-6,8-9,12,19-21H,4H2/t6-,8-,9-,12-/m1/s1. The molecule has 0 aromatic carbocycles. The molecule has 1 saturated heterocycles. The van der Waals surface area contributed by atoms with Gasteiger partial charge in [0.25, 0.3) is 5.56 Å². The molecule has 0 bridgehead atoms. The minimum absolute atomic E-state index is 0.0910. The van der Waals surface area contributed by atoms with Gasteiger partial charge in [0.05, 0.1) is 12.9 Å². The summed E-state index contributed by atoms with van der Waals surface area (Å²) in [5, 5.41) is 29.1. The van der Waals surface area contributed by atoms with Crippen molar-refractivity contribution >= 4 is 16.9 Å². The Morgan fingerprint density at radius 1 is 1.26 bits per heavy atom. The van der Waals surface area contributed by atoms with E-state index >= 15 is 0 Å². The number of aliphatic hydroxyl groups is 3. The van der Waals surface area contributed by atoms with E-state index in [-0.39, 0.29) is 16.9 Å². The first-order valence-corrected chi connectivity index (χ1v) is 6.94. The van der Waals surface area contributed by atoms with E-state index < -0.39 is 36.7 Å². The van der Waals surface area contributed by atoms with Gasteiger partial charge < -0.3 is 20.1 Å². The molecule has 0 aliphatic carbocycles. The summed E-state index contributed by atoms with van der Waals surface area (Å²) < 4.78 is 8.06. The predicted octanol–water partition coefficient (Wildman–Crippen LogP) is -1.95. The van der Waals surface area contributed by atoms with Crippen LogP contribution in [-0.2, 0) is 4.74 Å². The summed E-state index contributed by atoms with van der Waals surface area (Å²) in [7, 11) is 0. The highest BCUT2D eigenvalue weighted by Gasteiger charge is 2.44. The van der Waals surface area contributed by atoms with Crippen molar-refractivity contribution in [2.75, 3.05) is 6.61 Å². The van der Waals surface area contributed by atoms with Crippen LogP contribution in [0.15, 0.2) is 29.6 Å². The van der Waals surface area contributed by atoms with Gasteiger partial charge in [-0.2, -0.15) is 4.98 Å². The first-order valence-electron chi connectivity index (χ1n) is 6.94. The normalized spacial score (nSPS) is 28.0. The molecule has 1 aliphatic rings. The maximum atomic E-state index is 12.4. The maximum absolute atomic E-state index is 12.4. The van der Waals surface area contributed by atoms with E-state index in [2.05, 4.69) is 15.0 Å². The molecule has 23 heavy (non-hydrogen) atoms. The molecule has 3 aromatic heterocycles. The van der Waals surface area contributed by atoms with Gasteiger partial charge in [-0.15, -0.1) is 0 Å². The highest BCUT2D eigenvalue weighted by molar-refractivity contribution is 5.71. The summed E-state index contributed by atoms with van der Waals surface area (Å²) in [5.41, 5.74) is -0.125. The van der Waals surface area contributed by atoms with Crippen LogP contribution in [0.3, 0.4) is 0 Å². The van der Waals surface area contributed by atoms with Crippen molar-refractivity contribution in [3.8, 4) is 0 Å². The summed E-state index contributed by atoms with van der Waals surface area (Å²) in [4.78, 5) is 24.7. The number of hydrogen-bond acceptors (Lipinski definition) is 8. The van der Waals surface area contributed by atoms with Crippen molar-refractivity contribution in [3.05, 3.63) is 35.1 Å². The predicted molar refractivity (Wildman–Crippen MR) is 75.6 cm³/mol. The van der Waals surface area contributed by atoms with E-state index in [0.29, 0.717) is 0 Å². The number of aliphatic hydroxyl groups excluding tert-OH is 3. The summed E-state index contributed by atoms with van der Waals surface area (Å²) >= 11 is 0. The lowest BCUT2D eigenvalue weighted by Crippen LogP contribution is -2.33. The quantitative estimate of drug-likeness (QED) is 0.496. The lowest BCUT2D eigenvalue weighted by atomic mass is 10.1. The van der Waals surface area contributed by atoms with Crippen LogP contribution >= 0.6 is 0 Å². The largest absolute Gasteiger partial charge is 0.394 e. The molecule has 120 valence electrons. The van der Waals surface area contributed by atoms with Gasteiger partial charge in [-0.1, -0.05) is 0 Å². The molecular weight excluding hydrogens is 306 g/mol. The number of rotatable bonds is 2. The van der Waals surface area contributed by atoms with Crippen LogP contribution in [0.25, 0.3) is 16.9 Å². The van der Waals surface area contributed by atoms with Crippen molar-refractivity contribution in [3.63, 3.8) is 0 Å². The summed E-state index contributed by atoms with van der Waals surface area (Å²) in [5.74, 6) is 0.179. The van der Waals surface area contributed by atoms with Gasteiger partial charge >= 0.3 is 0 Å². The summed E-state index contributed by atoms with van der Waals surface area (Å²) in [6.07, 6.45) is -0.129. The summed E-state index contributed by atoms with van der Waals surface area (Å²) in [6.45, 7) is -0.443. The fourth-order valence-corrected chi connectivity index (χ4v) is 2.73. The van der Waals surface area contributed by atoms with Crippen LogP contribution in [0, 0.1) is 0 Å². The molecular formula is C13H13N5O5. The molecule has 4 rings (SSSR count). The van der Waals surface area contributed by atoms with Gasteiger partial charge in [0, 0.05) is 12.4 Å². The van der Waals surface area contributed by atoms with Gasteiger partial charge in [0.1, 0.15) is 18.3 Å². The SMILES string of the molecule is O=c1c2ncn([C@@H]3O[C@H](CO)[C@@H](O)[C@H]3O)c2nc2ncccn12. The van der Waals surface area contributed by atoms with Gasteiger partial charge in [-0.05, 0) is 6.07 Å². The Morgan fingerprint density at radius 3 is 2.83 bits per heavy atom. The number of imidazole rings is 1. The third kappa shape index (κ3) is 1.96. The molecule has 0 radical (unpaired) electrons. The van der Waals surface area contributed by atoms with Crippen LogP contribution in [0.4, 0.5) is 0 Å². The van der Waals surface area contributed by atoms with Crippen LogP contribution < -0.4 is 5.56 Å². The minimum Gasteiger partial charge on any atom is -0.394 e. The third-order valence-corrected chi connectivity index (χ3v) is 3.91. The second-order valence-corrected chi connectivity index (χ2v) is 5.26. The van der Waals surface area contributed by atoms with Crippen molar-refractivity contribution in [2.45, 2.75) is 24.5 Å². The summed E-state index contributed by atoms with van der Waals surface area (Å²) in [6, 6.07) is 1.60. The van der Waals surface area contributed by atoms with E-state index in [0.717, 1.165) is 0 Å². The Labute approximate surface area is 128 Å². The number of fused-ring (bicyclic) bond motifs is 2. The van der Waals surface area contributed by atoms with E-state index in [1.807, 2.05) is 0 Å². The van der Waals surface area contributed by atoms with Crippen LogP contribution in [0.2, 0.25) is 0 Å². The van der Waals surface area contributed by atoms with E-state index in [1.165, 1.54) is 27.7 Å². The molecule has 0 saturated carbocycles. The molecule has 1 aliphatic heterocycles. The zero-order valence-corrected chi connectivity index (χ0v) is 11.7. The van der Waals surface area contributed by atoms with Gasteiger partial charge in [-0.3, -0.25) is 9.36 Å². The number of hydrogen-bond donors (Lipinski definition) is 3. The molecule has 1 fully saturated rings. The molecule has 3 N–H and O–H groups in total. The minimum atomic E-state index is -1.28. The topological polar surface area (TPSA) is 135 Å². The maximum Gasteiger partial charge on any atom is 0.287 e. The van der Waals surface area contributed by atoms with Crippen LogP contribution in [0.1, 0.15) is 6.23 Å². The van der Waals surface area contributed by atoms with E-state index in [9.17, 15) is 15.0 Å². The molecule has 4 heterocycles. The average molecular weight is 319 g/mol. The monoisotopic (exact) mass is 319 g/mol. The Bertz CT molecular complexity index is 937. The fraction of sp³-hybridized carbons (Fsp3) is 0.385. The Balaban J connectivity index is 1.91. The molecule has 10 nitrogen and oxygen atoms in total. The van der Waals surface area contributed by atoms with Gasteiger partial charge in [0.15, 0.2) is 17.4 Å². The number of aromatic nitrogens is 5. The van der Waals surface area contributed by atoms with Crippen molar-refractivity contribution in [1.29, 1.82) is 0 Å². The molecule has 0 spiro atoms. The number of ether oxygens (including phenoxy) is 1. The first-order chi connectivity index (χ1) is 11.1. The molecule has 0 amide bonds. The molecule has 10 heteroatoms. The van der Waals surface area contributed by atoms with Crippen molar-refractivity contribution in [2.24, 2.45) is 0 Å². The smallest absolute Gasteiger partial charge is 0.287 e. The molecule has 3 aromatic rings. The van der Waals surface area contributed by atoms with Gasteiger partial charge in [0.2, 0.25) is 5.78 Å². The average Bonchev–Trinajstić information content (AvgIpc) is 3.10. The van der Waals surface area contributed by atoms with E-state index in [4.69, 9.17) is 9.84 Å². The Kier molecular flexibility index (Phi) is 3.13. The lowest BCUT2D eigenvalue weighted by molar-refractivity contribution is -0.0511. The zero-order chi connectivity index (χ0) is 16.1. The first kappa shape index (κ1) is 14.2. The van der Waals surface area contributed by atoms with Crippen molar-refractivity contribution in [1.82, 2.24) is 23.9 Å². The molecule has 0 unspecified atom stereocenters. The highest BCUT2D eigenvalue weighted by atomic mass is 16.6. The Hall–Kier alpha value is -2.40. The van der Waals surface area contributed by atoms with E-state index in [1.54, 1.807) is 6.07 Å².